The maximum atomic E-state index is 14.2. The van der Waals surface area contributed by atoms with Gasteiger partial charge in [0.1, 0.15) is 48.3 Å². The molecule has 1 rings (SSSR count). The molecule has 0 heterocycles. The van der Waals surface area contributed by atoms with Crippen LogP contribution in [-0.2, 0) is 54.4 Å². The number of hydrogen-bond acceptors (Lipinski definition) is 11. The molecule has 1 aromatic rings. The van der Waals surface area contributed by atoms with Crippen molar-refractivity contribution in [3.05, 3.63) is 35.9 Å². The highest BCUT2D eigenvalue weighted by Gasteiger charge is 2.36. The van der Waals surface area contributed by atoms with E-state index < -0.39 is 138 Å². The SMILES string of the molecule is CC[C@H](C)[C@H](NC(=O)[C@H](Cc1ccccc1)NC(=O)[C@H](C)NC(=O)[C@H](CC(C)C)NC(=O)[C@@H](NC(=O)[C@H](CC(C)C)NC(=O)CNC(=O)[C@@H](NC(=O)[C@H](CC(C)C)NC(=O)[C@@H](N)C(C)C)C(C)C)[C@@H](C)CC)C(=O)O. The van der Waals surface area contributed by atoms with Gasteiger partial charge in [0, 0.05) is 6.42 Å². The molecule has 21 nitrogen and oxygen atoms in total. The topological polar surface area (TPSA) is 325 Å². The first-order valence-electron chi connectivity index (χ1n) is 26.7. The van der Waals surface area contributed by atoms with Crippen molar-refractivity contribution in [2.75, 3.05) is 6.54 Å². The Morgan fingerprint density at radius 2 is 0.867 bits per heavy atom. The zero-order valence-corrected chi connectivity index (χ0v) is 47.2. The molecule has 0 unspecified atom stereocenters. The first-order valence-corrected chi connectivity index (χ1v) is 26.7. The lowest BCUT2D eigenvalue weighted by Gasteiger charge is -2.30. The van der Waals surface area contributed by atoms with Gasteiger partial charge in [0.2, 0.25) is 53.2 Å². The molecule has 0 aliphatic rings. The third-order valence-electron chi connectivity index (χ3n) is 13.0. The molecule has 9 amide bonds. The van der Waals surface area contributed by atoms with E-state index in [1.165, 1.54) is 6.92 Å². The molecular formula is C54H92N10O11. The number of aliphatic carboxylic acids is 1. The van der Waals surface area contributed by atoms with Crippen molar-refractivity contribution in [3.8, 4) is 0 Å². The fraction of sp³-hybridized carbons (Fsp3) is 0.704. The Bertz CT molecular complexity index is 2050. The van der Waals surface area contributed by atoms with Crippen molar-refractivity contribution in [2.24, 2.45) is 47.2 Å². The summed E-state index contributed by atoms with van der Waals surface area (Å²) in [5.74, 6) is -8.95. The number of carbonyl (C=O) groups excluding carboxylic acids is 9. The largest absolute Gasteiger partial charge is 0.480 e. The zero-order chi connectivity index (χ0) is 57.4. The molecule has 75 heavy (non-hydrogen) atoms. The summed E-state index contributed by atoms with van der Waals surface area (Å²) in [5, 5.41) is 33.9. The molecule has 12 N–H and O–H groups in total. The Labute approximate surface area is 445 Å². The van der Waals surface area contributed by atoms with Crippen LogP contribution in [0.15, 0.2) is 30.3 Å². The summed E-state index contributed by atoms with van der Waals surface area (Å²) in [6.07, 6.45) is 1.49. The lowest BCUT2D eigenvalue weighted by Crippen LogP contribution is -2.60. The Morgan fingerprint density at radius 1 is 0.453 bits per heavy atom. The maximum absolute atomic E-state index is 14.2. The Balaban J connectivity index is 3.24. The van der Waals surface area contributed by atoms with Gasteiger partial charge in [0.05, 0.1) is 12.6 Å². The van der Waals surface area contributed by atoms with Gasteiger partial charge in [-0.05, 0) is 73.2 Å². The third-order valence-corrected chi connectivity index (χ3v) is 13.0. The minimum atomic E-state index is -1.22. The minimum Gasteiger partial charge on any atom is -0.480 e. The van der Waals surface area contributed by atoms with Crippen LogP contribution in [0.2, 0.25) is 0 Å². The number of nitrogens with two attached hydrogens (primary N) is 1. The summed E-state index contributed by atoms with van der Waals surface area (Å²) < 4.78 is 0. The molecule has 0 spiro atoms. The molecule has 0 aromatic heterocycles. The third kappa shape index (κ3) is 24.0. The van der Waals surface area contributed by atoms with Crippen LogP contribution in [0.5, 0.6) is 0 Å². The molecule has 21 heteroatoms. The second-order valence-electron chi connectivity index (χ2n) is 21.9. The highest BCUT2D eigenvalue weighted by Crippen LogP contribution is 2.15. The first kappa shape index (κ1) is 66.9. The number of carboxylic acids is 1. The van der Waals surface area contributed by atoms with E-state index in [1.807, 2.05) is 48.5 Å². The highest BCUT2D eigenvalue weighted by atomic mass is 16.4. The number of carbonyl (C=O) groups is 10. The standard InChI is InChI=1S/C54H92N10O11/c1-16-33(13)44(63-48(68)37(23-28(3)4)58-41(65)27-56-52(72)43(32(11)12)62-49(69)39(25-30(7)8)60-51(71)42(55)31(9)10)53(73)61-38(24-29(5)6)47(67)57-35(15)46(66)59-40(26-36-21-19-18-20-22-36)50(70)64-45(54(74)75)34(14)17-2/h18-22,28-35,37-40,42-45H,16-17,23-27,55H2,1-15H3,(H,56,72)(H,57,67)(H,58,65)(H,59,66)(H,60,71)(H,61,73)(H,62,69)(H,63,68)(H,64,70)(H,74,75)/t33-,34-,35-,37-,38-,39-,40-,42-,43-,44-,45-/m0/s1. The molecule has 0 fully saturated rings. The van der Waals surface area contributed by atoms with Gasteiger partial charge >= 0.3 is 5.97 Å². The van der Waals surface area contributed by atoms with Crippen molar-refractivity contribution >= 4 is 59.1 Å². The lowest BCUT2D eigenvalue weighted by molar-refractivity contribution is -0.143. The van der Waals surface area contributed by atoms with Crippen LogP contribution < -0.4 is 53.6 Å². The number of carboxylic acid groups (broad SMARTS) is 1. The fourth-order valence-corrected chi connectivity index (χ4v) is 7.88. The molecule has 0 bridgehead atoms. The van der Waals surface area contributed by atoms with E-state index in [-0.39, 0.29) is 49.4 Å². The molecule has 0 aliphatic carbocycles. The summed E-state index contributed by atoms with van der Waals surface area (Å²) in [7, 11) is 0. The summed E-state index contributed by atoms with van der Waals surface area (Å²) >= 11 is 0. The van der Waals surface area contributed by atoms with Crippen LogP contribution in [0.3, 0.4) is 0 Å². The Morgan fingerprint density at radius 3 is 1.32 bits per heavy atom. The van der Waals surface area contributed by atoms with E-state index >= 15 is 0 Å². The molecule has 11 atom stereocenters. The van der Waals surface area contributed by atoms with Crippen LogP contribution in [0.1, 0.15) is 142 Å². The number of benzene rings is 1. The monoisotopic (exact) mass is 1060 g/mol. The molecular weight excluding hydrogens is 965 g/mol. The molecule has 1 aromatic carbocycles. The van der Waals surface area contributed by atoms with Crippen molar-refractivity contribution < 1.29 is 53.1 Å². The number of nitrogens with one attached hydrogen (secondary N) is 9. The number of rotatable bonds is 33. The fourth-order valence-electron chi connectivity index (χ4n) is 7.88. The first-order chi connectivity index (χ1) is 34.9. The van der Waals surface area contributed by atoms with Crippen molar-refractivity contribution in [3.63, 3.8) is 0 Å². The van der Waals surface area contributed by atoms with Gasteiger partial charge in [-0.1, -0.05) is 140 Å². The maximum Gasteiger partial charge on any atom is 0.326 e. The summed E-state index contributed by atoms with van der Waals surface area (Å²) in [6.45, 7) is 26.0. The van der Waals surface area contributed by atoms with E-state index in [1.54, 1.807) is 78.8 Å². The molecule has 0 radical (unpaired) electrons. The lowest BCUT2D eigenvalue weighted by atomic mass is 9.95. The van der Waals surface area contributed by atoms with Gasteiger partial charge in [-0.15, -0.1) is 0 Å². The average Bonchev–Trinajstić information content (AvgIpc) is 3.33. The van der Waals surface area contributed by atoms with Gasteiger partial charge < -0.3 is 58.7 Å². The quantitative estimate of drug-likeness (QED) is 0.0483. The molecule has 0 saturated carbocycles. The van der Waals surface area contributed by atoms with Crippen LogP contribution >= 0.6 is 0 Å². The molecule has 0 aliphatic heterocycles. The van der Waals surface area contributed by atoms with Crippen LogP contribution in [0.4, 0.5) is 0 Å². The van der Waals surface area contributed by atoms with Gasteiger partial charge in [-0.2, -0.15) is 0 Å². The number of amides is 9. The average molecular weight is 1060 g/mol. The van der Waals surface area contributed by atoms with E-state index in [2.05, 4.69) is 47.9 Å². The van der Waals surface area contributed by atoms with Crippen molar-refractivity contribution in [1.82, 2.24) is 47.9 Å². The van der Waals surface area contributed by atoms with Gasteiger partial charge in [0.15, 0.2) is 0 Å². The van der Waals surface area contributed by atoms with E-state index in [4.69, 9.17) is 5.73 Å². The van der Waals surface area contributed by atoms with E-state index in [9.17, 15) is 53.1 Å². The predicted octanol–water partition coefficient (Wildman–Crippen LogP) is 2.20. The molecule has 0 saturated heterocycles. The van der Waals surface area contributed by atoms with Crippen LogP contribution in [0.25, 0.3) is 0 Å². The summed E-state index contributed by atoms with van der Waals surface area (Å²) in [5.41, 5.74) is 6.72. The summed E-state index contributed by atoms with van der Waals surface area (Å²) in [4.78, 5) is 135. The van der Waals surface area contributed by atoms with Crippen molar-refractivity contribution in [1.29, 1.82) is 0 Å². The van der Waals surface area contributed by atoms with Gasteiger partial charge in [-0.25, -0.2) is 4.79 Å². The predicted molar refractivity (Wildman–Crippen MR) is 287 cm³/mol. The van der Waals surface area contributed by atoms with Crippen LogP contribution in [0, 0.1) is 41.4 Å². The Kier molecular flexibility index (Phi) is 29.5. The molecule has 424 valence electrons. The Hall–Kier alpha value is -6.12. The second-order valence-corrected chi connectivity index (χ2v) is 21.9. The van der Waals surface area contributed by atoms with E-state index in [0.29, 0.717) is 18.4 Å². The summed E-state index contributed by atoms with van der Waals surface area (Å²) in [6, 6.07) is -1.23. The van der Waals surface area contributed by atoms with Gasteiger partial charge in [0.25, 0.3) is 0 Å². The van der Waals surface area contributed by atoms with Crippen LogP contribution in [-0.4, -0.2) is 125 Å². The van der Waals surface area contributed by atoms with Crippen molar-refractivity contribution in [2.45, 2.75) is 197 Å². The second kappa shape index (κ2) is 33.0. The highest BCUT2D eigenvalue weighted by molar-refractivity contribution is 5.98. The number of hydrogen-bond donors (Lipinski definition) is 11. The zero-order valence-electron chi connectivity index (χ0n) is 47.2. The normalized spacial score (nSPS) is 15.9. The van der Waals surface area contributed by atoms with E-state index in [0.717, 1.165) is 0 Å². The minimum absolute atomic E-state index is 0.00870. The van der Waals surface area contributed by atoms with Gasteiger partial charge in [-0.3, -0.25) is 43.2 Å². The smallest absolute Gasteiger partial charge is 0.326 e.